The molecule has 136 valence electrons. The fraction of sp³-hybridized carbons (Fsp3) is 0.684. The molecule has 25 heavy (non-hydrogen) atoms. The van der Waals surface area contributed by atoms with Crippen molar-refractivity contribution >= 4 is 5.97 Å². The van der Waals surface area contributed by atoms with Crippen LogP contribution in [0.2, 0.25) is 0 Å². The molecule has 1 unspecified atom stereocenters. The molecular formula is C19H25NO5. The Morgan fingerprint density at radius 3 is 2.48 bits per heavy atom. The molecular weight excluding hydrogens is 322 g/mol. The fourth-order valence-corrected chi connectivity index (χ4v) is 3.99. The molecule has 1 atom stereocenters. The summed E-state index contributed by atoms with van der Waals surface area (Å²) in [5, 5.41) is 0. The van der Waals surface area contributed by atoms with Gasteiger partial charge in [-0.05, 0) is 25.0 Å². The minimum atomic E-state index is -0.875. The molecule has 0 aromatic carbocycles. The number of fused-ring (bicyclic) bond motifs is 3. The summed E-state index contributed by atoms with van der Waals surface area (Å²) < 4.78 is 19.3. The zero-order valence-electron chi connectivity index (χ0n) is 15.3. The lowest BCUT2D eigenvalue weighted by Gasteiger charge is -2.42. The number of hydrogen-bond acceptors (Lipinski definition) is 5. The summed E-state index contributed by atoms with van der Waals surface area (Å²) in [7, 11) is 0. The van der Waals surface area contributed by atoms with Gasteiger partial charge in [0, 0.05) is 18.4 Å². The average Bonchev–Trinajstić information content (AvgIpc) is 2.94. The van der Waals surface area contributed by atoms with Gasteiger partial charge in [0.05, 0.1) is 29.9 Å². The van der Waals surface area contributed by atoms with E-state index < -0.39 is 11.2 Å². The Bertz CT molecular complexity index is 799. The van der Waals surface area contributed by atoms with Gasteiger partial charge in [-0.1, -0.05) is 20.8 Å². The van der Waals surface area contributed by atoms with Gasteiger partial charge in [-0.2, -0.15) is 0 Å². The zero-order chi connectivity index (χ0) is 18.0. The molecule has 1 spiro atoms. The maximum atomic E-state index is 13.0. The molecule has 1 aromatic rings. The molecule has 4 heterocycles. The molecule has 0 N–H and O–H groups in total. The molecule has 1 fully saturated rings. The highest BCUT2D eigenvalue weighted by atomic mass is 16.7. The van der Waals surface area contributed by atoms with Crippen molar-refractivity contribution in [2.75, 3.05) is 13.2 Å². The van der Waals surface area contributed by atoms with E-state index in [-0.39, 0.29) is 23.6 Å². The van der Waals surface area contributed by atoms with E-state index in [4.69, 9.17) is 14.2 Å². The van der Waals surface area contributed by atoms with Crippen molar-refractivity contribution in [3.05, 3.63) is 33.2 Å². The number of carbonyl (C=O) groups excluding carboxylic acids is 1. The van der Waals surface area contributed by atoms with Gasteiger partial charge in [-0.25, -0.2) is 0 Å². The monoisotopic (exact) mass is 347 g/mol. The average molecular weight is 347 g/mol. The third-order valence-corrected chi connectivity index (χ3v) is 5.95. The van der Waals surface area contributed by atoms with Crippen LogP contribution in [0.25, 0.3) is 0 Å². The summed E-state index contributed by atoms with van der Waals surface area (Å²) in [6.45, 7) is 9.72. The number of carbonyl (C=O) groups is 1. The van der Waals surface area contributed by atoms with Crippen LogP contribution in [0.3, 0.4) is 0 Å². The van der Waals surface area contributed by atoms with Crippen LogP contribution in [0.4, 0.5) is 0 Å². The Kier molecular flexibility index (Phi) is 3.48. The van der Waals surface area contributed by atoms with Gasteiger partial charge in [0.2, 0.25) is 5.79 Å². The normalized spacial score (nSPS) is 29.2. The second-order valence-corrected chi connectivity index (χ2v) is 8.38. The molecule has 4 rings (SSSR count). The summed E-state index contributed by atoms with van der Waals surface area (Å²) in [5.41, 5.74) is 1.14. The van der Waals surface area contributed by atoms with E-state index in [0.29, 0.717) is 38.2 Å². The van der Waals surface area contributed by atoms with Crippen molar-refractivity contribution < 1.29 is 19.0 Å². The van der Waals surface area contributed by atoms with Gasteiger partial charge in [-0.15, -0.1) is 0 Å². The Hall–Kier alpha value is -1.66. The van der Waals surface area contributed by atoms with Crippen molar-refractivity contribution in [3.8, 4) is 0 Å². The van der Waals surface area contributed by atoms with Crippen LogP contribution >= 0.6 is 0 Å². The summed E-state index contributed by atoms with van der Waals surface area (Å²) in [4.78, 5) is 25.4. The lowest BCUT2D eigenvalue weighted by atomic mass is 9.76. The predicted molar refractivity (Wildman–Crippen MR) is 90.1 cm³/mol. The van der Waals surface area contributed by atoms with Crippen LogP contribution in [-0.2, 0) is 43.4 Å². The van der Waals surface area contributed by atoms with Crippen molar-refractivity contribution in [1.82, 2.24) is 4.57 Å². The van der Waals surface area contributed by atoms with Gasteiger partial charge in [0.15, 0.2) is 0 Å². The zero-order valence-corrected chi connectivity index (χ0v) is 15.3. The Labute approximate surface area is 147 Å². The van der Waals surface area contributed by atoms with Crippen LogP contribution in [-0.4, -0.2) is 23.8 Å². The summed E-state index contributed by atoms with van der Waals surface area (Å²) in [6, 6.07) is 1.95. The maximum Gasteiger partial charge on any atom is 0.316 e. The number of aromatic nitrogens is 1. The smallest absolute Gasteiger partial charge is 0.316 e. The van der Waals surface area contributed by atoms with Crippen molar-refractivity contribution in [1.29, 1.82) is 0 Å². The van der Waals surface area contributed by atoms with Gasteiger partial charge in [0.25, 0.3) is 5.56 Å². The number of hydrogen-bond donors (Lipinski definition) is 0. The lowest BCUT2D eigenvalue weighted by Crippen LogP contribution is -2.46. The summed E-state index contributed by atoms with van der Waals surface area (Å²) >= 11 is 0. The van der Waals surface area contributed by atoms with E-state index >= 15 is 0 Å². The van der Waals surface area contributed by atoms with Gasteiger partial charge in [-0.3, -0.25) is 9.59 Å². The molecule has 0 radical (unpaired) electrons. The topological polar surface area (TPSA) is 66.8 Å². The number of rotatable bonds is 1. The largest absolute Gasteiger partial charge is 0.460 e. The highest BCUT2D eigenvalue weighted by Gasteiger charge is 2.50. The van der Waals surface area contributed by atoms with E-state index in [2.05, 4.69) is 13.8 Å². The van der Waals surface area contributed by atoms with Crippen LogP contribution in [0.1, 0.15) is 57.4 Å². The molecule has 0 bridgehead atoms. The Morgan fingerprint density at radius 2 is 1.84 bits per heavy atom. The van der Waals surface area contributed by atoms with Crippen LogP contribution in [0.15, 0.2) is 10.9 Å². The lowest BCUT2D eigenvalue weighted by molar-refractivity contribution is -0.306. The first-order chi connectivity index (χ1) is 11.7. The molecule has 0 aliphatic carbocycles. The number of ether oxygens (including phenoxy) is 3. The fourth-order valence-electron chi connectivity index (χ4n) is 3.99. The first-order valence-corrected chi connectivity index (χ1v) is 8.95. The van der Waals surface area contributed by atoms with Crippen molar-refractivity contribution in [3.63, 3.8) is 0 Å². The summed E-state index contributed by atoms with van der Waals surface area (Å²) in [6.07, 6.45) is 1.18. The van der Waals surface area contributed by atoms with E-state index in [0.717, 1.165) is 11.3 Å². The SMILES string of the molecule is CCC1(C)C(=O)OCc2c1cc1n(c2=O)CCC12OCC(C)(C)CO2. The van der Waals surface area contributed by atoms with Crippen LogP contribution < -0.4 is 5.56 Å². The van der Waals surface area contributed by atoms with Gasteiger partial charge < -0.3 is 18.8 Å². The van der Waals surface area contributed by atoms with E-state index in [1.165, 1.54) is 0 Å². The highest BCUT2D eigenvalue weighted by Crippen LogP contribution is 2.45. The molecule has 1 saturated heterocycles. The predicted octanol–water partition coefficient (Wildman–Crippen LogP) is 2.20. The first-order valence-electron chi connectivity index (χ1n) is 8.95. The second kappa shape index (κ2) is 5.17. The molecule has 0 saturated carbocycles. The van der Waals surface area contributed by atoms with Crippen molar-refractivity contribution in [2.45, 2.75) is 64.9 Å². The maximum absolute atomic E-state index is 13.0. The van der Waals surface area contributed by atoms with Gasteiger partial charge >= 0.3 is 5.97 Å². The molecule has 3 aliphatic heterocycles. The van der Waals surface area contributed by atoms with E-state index in [9.17, 15) is 9.59 Å². The minimum absolute atomic E-state index is 0.0462. The third kappa shape index (κ3) is 2.23. The quantitative estimate of drug-likeness (QED) is 0.729. The van der Waals surface area contributed by atoms with E-state index in [1.807, 2.05) is 19.9 Å². The first kappa shape index (κ1) is 16.8. The second-order valence-electron chi connectivity index (χ2n) is 8.38. The Morgan fingerprint density at radius 1 is 1.16 bits per heavy atom. The molecule has 1 aromatic heterocycles. The number of cyclic esters (lactones) is 1. The van der Waals surface area contributed by atoms with E-state index in [1.54, 1.807) is 4.57 Å². The number of nitrogens with zero attached hydrogens (tertiary/aromatic N) is 1. The third-order valence-electron chi connectivity index (χ3n) is 5.95. The van der Waals surface area contributed by atoms with Crippen LogP contribution in [0.5, 0.6) is 0 Å². The molecule has 0 amide bonds. The Balaban J connectivity index is 1.87. The minimum Gasteiger partial charge on any atom is -0.460 e. The molecule has 6 heteroatoms. The summed E-state index contributed by atoms with van der Waals surface area (Å²) in [5.74, 6) is -1.15. The highest BCUT2D eigenvalue weighted by molar-refractivity contribution is 5.84. The number of esters is 1. The van der Waals surface area contributed by atoms with Crippen LogP contribution in [0, 0.1) is 5.41 Å². The molecule has 6 nitrogen and oxygen atoms in total. The number of pyridine rings is 1. The molecule has 3 aliphatic rings. The standard InChI is InChI=1S/C19H25NO5/c1-5-18(4)13-8-14-19(24-10-17(2,3)11-25-19)6-7-20(14)15(21)12(13)9-23-16(18)22/h8H,5-7,9-11H2,1-4H3. The van der Waals surface area contributed by atoms with Gasteiger partial charge in [0.1, 0.15) is 6.61 Å². The van der Waals surface area contributed by atoms with Crippen molar-refractivity contribution in [2.24, 2.45) is 5.41 Å².